The molecule has 1 aliphatic rings. The smallest absolute Gasteiger partial charge is 0.222 e. The maximum Gasteiger partial charge on any atom is 0.222 e. The first-order chi connectivity index (χ1) is 14.2. The number of hydrogen-bond acceptors (Lipinski definition) is 3. The molecule has 5 heteroatoms. The molecule has 1 aliphatic heterocycles. The highest BCUT2D eigenvalue weighted by Gasteiger charge is 2.28. The van der Waals surface area contributed by atoms with Crippen molar-refractivity contribution >= 4 is 5.91 Å². The predicted octanol–water partition coefficient (Wildman–Crippen LogP) is 4.58. The second kappa shape index (κ2) is 8.35. The number of benzene rings is 2. The van der Waals surface area contributed by atoms with Crippen molar-refractivity contribution in [1.82, 2.24) is 14.5 Å². The van der Waals surface area contributed by atoms with E-state index in [0.29, 0.717) is 19.6 Å². The summed E-state index contributed by atoms with van der Waals surface area (Å²) < 4.78 is 8.17. The monoisotopic (exact) mass is 387 g/mol. The third-order valence-electron chi connectivity index (χ3n) is 5.34. The number of rotatable bonds is 6. The number of piperidine rings is 1. The van der Waals surface area contributed by atoms with Crippen molar-refractivity contribution in [2.45, 2.75) is 18.9 Å². The van der Waals surface area contributed by atoms with Gasteiger partial charge in [-0.05, 0) is 18.6 Å². The number of para-hydroxylation sites is 1. The first kappa shape index (κ1) is 19.0. The number of carbonyl (C=O) groups excluding carboxylic acids is 1. The minimum absolute atomic E-state index is 0.171. The fraction of sp³-hybridized carbons (Fsp3) is 0.250. The lowest BCUT2D eigenvalue weighted by Gasteiger charge is -2.31. The van der Waals surface area contributed by atoms with E-state index in [1.807, 2.05) is 49.8 Å². The van der Waals surface area contributed by atoms with Gasteiger partial charge in [0.05, 0.1) is 23.8 Å². The number of likely N-dealkylation sites (N-methyl/N-ethyl adjacent to an activating group) is 1. The van der Waals surface area contributed by atoms with Gasteiger partial charge in [0.15, 0.2) is 0 Å². The molecular weight excluding hydrogens is 362 g/mol. The molecule has 1 aromatic heterocycles. The molecule has 0 bridgehead atoms. The van der Waals surface area contributed by atoms with Gasteiger partial charge in [-0.1, -0.05) is 55.1 Å². The Kier molecular flexibility index (Phi) is 5.47. The molecule has 0 radical (unpaired) electrons. The number of carbonyl (C=O) groups is 1. The molecule has 1 fully saturated rings. The molecule has 4 rings (SSSR count). The maximum atomic E-state index is 12.0. The minimum atomic E-state index is 0.171. The molecule has 0 unspecified atom stereocenters. The highest BCUT2D eigenvalue weighted by Crippen LogP contribution is 2.39. The molecule has 2 aromatic carbocycles. The molecule has 29 heavy (non-hydrogen) atoms. The van der Waals surface area contributed by atoms with Crippen molar-refractivity contribution < 1.29 is 9.53 Å². The Morgan fingerprint density at radius 3 is 2.69 bits per heavy atom. The average Bonchev–Trinajstić information content (AvgIpc) is 3.20. The van der Waals surface area contributed by atoms with Crippen LogP contribution < -0.4 is 4.74 Å². The van der Waals surface area contributed by atoms with E-state index >= 15 is 0 Å². The molecule has 3 aromatic rings. The lowest BCUT2D eigenvalue weighted by molar-refractivity contribution is -0.132. The van der Waals surface area contributed by atoms with Gasteiger partial charge in [0.1, 0.15) is 12.4 Å². The number of ether oxygens (including phenoxy) is 1. The molecule has 0 spiro atoms. The van der Waals surface area contributed by atoms with Crippen molar-refractivity contribution in [1.29, 1.82) is 0 Å². The summed E-state index contributed by atoms with van der Waals surface area (Å²) in [5.41, 5.74) is 3.98. The fourth-order valence-corrected chi connectivity index (χ4v) is 3.87. The zero-order valence-corrected chi connectivity index (χ0v) is 16.6. The van der Waals surface area contributed by atoms with Crippen LogP contribution in [0.15, 0.2) is 73.6 Å². The van der Waals surface area contributed by atoms with E-state index in [1.54, 1.807) is 11.0 Å². The van der Waals surface area contributed by atoms with Crippen LogP contribution >= 0.6 is 0 Å². The summed E-state index contributed by atoms with van der Waals surface area (Å²) in [5.74, 6) is 0.993. The lowest BCUT2D eigenvalue weighted by Crippen LogP contribution is -2.37. The third-order valence-corrected chi connectivity index (χ3v) is 5.34. The Hall–Kier alpha value is -3.34. The Morgan fingerprint density at radius 1 is 1.17 bits per heavy atom. The second-order valence-electron chi connectivity index (χ2n) is 7.28. The van der Waals surface area contributed by atoms with E-state index in [4.69, 9.17) is 9.72 Å². The fourth-order valence-electron chi connectivity index (χ4n) is 3.87. The van der Waals surface area contributed by atoms with Gasteiger partial charge in [-0.15, -0.1) is 0 Å². The van der Waals surface area contributed by atoms with Gasteiger partial charge < -0.3 is 14.2 Å². The van der Waals surface area contributed by atoms with Crippen molar-refractivity contribution in [3.8, 4) is 28.3 Å². The van der Waals surface area contributed by atoms with Gasteiger partial charge in [0, 0.05) is 31.1 Å². The number of hydrogen-bond donors (Lipinski definition) is 0. The van der Waals surface area contributed by atoms with Crippen LogP contribution in [0.1, 0.15) is 18.9 Å². The zero-order valence-electron chi connectivity index (χ0n) is 16.6. The van der Waals surface area contributed by atoms with E-state index < -0.39 is 0 Å². The molecule has 1 saturated heterocycles. The molecule has 2 heterocycles. The van der Waals surface area contributed by atoms with Crippen LogP contribution in [0.3, 0.4) is 0 Å². The van der Waals surface area contributed by atoms with Gasteiger partial charge in [0.25, 0.3) is 0 Å². The summed E-state index contributed by atoms with van der Waals surface area (Å²) in [4.78, 5) is 18.6. The Bertz CT molecular complexity index is 1010. The zero-order chi connectivity index (χ0) is 20.2. The molecule has 0 aliphatic carbocycles. The predicted molar refractivity (Wildman–Crippen MR) is 115 cm³/mol. The molecule has 0 saturated carbocycles. The number of imidazole rings is 1. The van der Waals surface area contributed by atoms with Gasteiger partial charge >= 0.3 is 0 Å². The maximum absolute atomic E-state index is 12.0. The molecule has 5 nitrogen and oxygen atoms in total. The molecule has 148 valence electrons. The number of aromatic nitrogens is 2. The highest BCUT2D eigenvalue weighted by molar-refractivity contribution is 5.82. The standard InChI is InChI=1S/C24H25N3O2/c1-3-15-29-21-12-8-7-11-20(21)24-23(18-9-5-4-6-10-18)25-17-27(24)19-13-14-22(28)26(2)16-19/h3-12,17,19H,1,13-16H2,2H3/t19-/m0/s1. The van der Waals surface area contributed by atoms with Gasteiger partial charge in [-0.25, -0.2) is 4.98 Å². The largest absolute Gasteiger partial charge is 0.489 e. The summed E-state index contributed by atoms with van der Waals surface area (Å²) in [5, 5.41) is 0. The van der Waals surface area contributed by atoms with Crippen molar-refractivity contribution in [2.24, 2.45) is 0 Å². The van der Waals surface area contributed by atoms with Crippen LogP contribution in [0, 0.1) is 0 Å². The van der Waals surface area contributed by atoms with Crippen LogP contribution in [0.25, 0.3) is 22.5 Å². The quantitative estimate of drug-likeness (QED) is 0.582. The Balaban J connectivity index is 1.85. The number of likely N-dealkylation sites (tertiary alicyclic amines) is 1. The molecule has 1 atom stereocenters. The number of nitrogens with zero attached hydrogens (tertiary/aromatic N) is 3. The summed E-state index contributed by atoms with van der Waals surface area (Å²) in [6, 6.07) is 18.4. The second-order valence-corrected chi connectivity index (χ2v) is 7.28. The normalized spacial score (nSPS) is 16.7. The van der Waals surface area contributed by atoms with Gasteiger partial charge in [-0.2, -0.15) is 0 Å². The minimum Gasteiger partial charge on any atom is -0.489 e. The van der Waals surface area contributed by atoms with Crippen LogP contribution in [-0.2, 0) is 4.79 Å². The summed E-state index contributed by atoms with van der Waals surface area (Å²) >= 11 is 0. The van der Waals surface area contributed by atoms with Crippen molar-refractivity contribution in [2.75, 3.05) is 20.2 Å². The van der Waals surface area contributed by atoms with Crippen LogP contribution in [0.2, 0.25) is 0 Å². The van der Waals surface area contributed by atoms with Crippen LogP contribution in [-0.4, -0.2) is 40.6 Å². The van der Waals surface area contributed by atoms with Gasteiger partial charge in [0.2, 0.25) is 5.91 Å². The van der Waals surface area contributed by atoms with Gasteiger partial charge in [-0.3, -0.25) is 4.79 Å². The lowest BCUT2D eigenvalue weighted by atomic mass is 10.0. The van der Waals surface area contributed by atoms with Crippen molar-refractivity contribution in [3.63, 3.8) is 0 Å². The van der Waals surface area contributed by atoms with E-state index in [2.05, 4.69) is 29.3 Å². The topological polar surface area (TPSA) is 47.4 Å². The SMILES string of the molecule is C=CCOc1ccccc1-c1c(-c2ccccc2)ncn1[C@H]1CCC(=O)N(C)C1. The van der Waals surface area contributed by atoms with Crippen LogP contribution in [0.5, 0.6) is 5.75 Å². The summed E-state index contributed by atoms with van der Waals surface area (Å²) in [7, 11) is 1.87. The summed E-state index contributed by atoms with van der Waals surface area (Å²) in [6.45, 7) is 4.87. The van der Waals surface area contributed by atoms with Crippen molar-refractivity contribution in [3.05, 3.63) is 73.6 Å². The molecule has 0 N–H and O–H groups in total. The van der Waals surface area contributed by atoms with E-state index in [0.717, 1.165) is 34.7 Å². The Labute approximate surface area is 171 Å². The Morgan fingerprint density at radius 2 is 1.93 bits per heavy atom. The highest BCUT2D eigenvalue weighted by atomic mass is 16.5. The number of amides is 1. The molecular formula is C24H25N3O2. The van der Waals surface area contributed by atoms with E-state index in [-0.39, 0.29) is 11.9 Å². The summed E-state index contributed by atoms with van der Waals surface area (Å²) in [6.07, 6.45) is 4.99. The van der Waals surface area contributed by atoms with E-state index in [1.165, 1.54) is 0 Å². The van der Waals surface area contributed by atoms with E-state index in [9.17, 15) is 4.79 Å². The third kappa shape index (κ3) is 3.81. The molecule has 1 amide bonds. The average molecular weight is 387 g/mol. The first-order valence-electron chi connectivity index (χ1n) is 9.88. The first-order valence-corrected chi connectivity index (χ1v) is 9.88. The van der Waals surface area contributed by atoms with Crippen LogP contribution in [0.4, 0.5) is 0 Å².